The molecule has 0 aromatic carbocycles. The number of piperidine rings is 1. The predicted octanol–water partition coefficient (Wildman–Crippen LogP) is 1.50. The van der Waals surface area contributed by atoms with E-state index in [1.54, 1.807) is 6.33 Å². The number of anilines is 4. The summed E-state index contributed by atoms with van der Waals surface area (Å²) in [6, 6.07) is 4.41. The van der Waals surface area contributed by atoms with Gasteiger partial charge in [0.1, 0.15) is 23.8 Å². The topological polar surface area (TPSA) is 64.5 Å². The largest absolute Gasteiger partial charge is 0.363 e. The molecule has 1 saturated heterocycles. The molecule has 8 nitrogen and oxygen atoms in total. The molecule has 1 atom stereocenters. The normalized spacial score (nSPS) is 17.1. The van der Waals surface area contributed by atoms with E-state index in [4.69, 9.17) is 0 Å². The smallest absolute Gasteiger partial charge is 0.226 e. The van der Waals surface area contributed by atoms with Crippen LogP contribution >= 0.6 is 0 Å². The molecule has 8 heteroatoms. The van der Waals surface area contributed by atoms with Gasteiger partial charge in [-0.05, 0) is 18.9 Å². The Balaban J connectivity index is 1.76. The quantitative estimate of drug-likeness (QED) is 0.799. The summed E-state index contributed by atoms with van der Waals surface area (Å²) in [5.74, 6) is 3.59. The lowest BCUT2D eigenvalue weighted by Crippen LogP contribution is -2.47. The van der Waals surface area contributed by atoms with E-state index in [1.165, 1.54) is 0 Å². The standard InChI is InChI=1S/C18H28N8/c1-23(2)16-11-17(21-13-20-16)26-10-6-7-14(12-26)25(5)15-8-9-19-18(22-15)24(3)4/h8-9,11,13-14H,6-7,10,12H2,1-5H3. The van der Waals surface area contributed by atoms with Crippen molar-refractivity contribution in [2.24, 2.45) is 0 Å². The zero-order valence-corrected chi connectivity index (χ0v) is 16.3. The highest BCUT2D eigenvalue weighted by atomic mass is 15.3. The molecule has 0 N–H and O–H groups in total. The molecule has 1 unspecified atom stereocenters. The van der Waals surface area contributed by atoms with Gasteiger partial charge in [0.25, 0.3) is 0 Å². The first-order valence-electron chi connectivity index (χ1n) is 8.93. The lowest BCUT2D eigenvalue weighted by atomic mass is 10.0. The maximum atomic E-state index is 4.67. The Morgan fingerprint density at radius 2 is 1.81 bits per heavy atom. The van der Waals surface area contributed by atoms with Crippen LogP contribution in [0, 0.1) is 0 Å². The summed E-state index contributed by atoms with van der Waals surface area (Å²) in [7, 11) is 10.0. The number of likely N-dealkylation sites (N-methyl/N-ethyl adjacent to an activating group) is 1. The number of hydrogen-bond donors (Lipinski definition) is 0. The van der Waals surface area contributed by atoms with Crippen molar-refractivity contribution in [1.29, 1.82) is 0 Å². The van der Waals surface area contributed by atoms with Crippen LogP contribution in [0.4, 0.5) is 23.4 Å². The molecule has 0 bridgehead atoms. The van der Waals surface area contributed by atoms with E-state index in [-0.39, 0.29) is 0 Å². The van der Waals surface area contributed by atoms with Crippen LogP contribution < -0.4 is 19.6 Å². The number of rotatable bonds is 5. The molecule has 3 rings (SSSR count). The van der Waals surface area contributed by atoms with Crippen LogP contribution in [0.5, 0.6) is 0 Å². The van der Waals surface area contributed by atoms with Crippen molar-refractivity contribution in [1.82, 2.24) is 19.9 Å². The van der Waals surface area contributed by atoms with Crippen molar-refractivity contribution in [2.75, 3.05) is 67.9 Å². The summed E-state index contributed by atoms with van der Waals surface area (Å²) in [6.07, 6.45) is 5.73. The molecule has 1 fully saturated rings. The van der Waals surface area contributed by atoms with Gasteiger partial charge in [-0.25, -0.2) is 15.0 Å². The maximum Gasteiger partial charge on any atom is 0.226 e. The molecule has 3 heterocycles. The van der Waals surface area contributed by atoms with Crippen LogP contribution in [0.3, 0.4) is 0 Å². The van der Waals surface area contributed by atoms with Gasteiger partial charge in [0.2, 0.25) is 5.95 Å². The highest BCUT2D eigenvalue weighted by molar-refractivity contribution is 5.50. The highest BCUT2D eigenvalue weighted by Crippen LogP contribution is 2.25. The number of aromatic nitrogens is 4. The second-order valence-corrected chi connectivity index (χ2v) is 7.09. The SMILES string of the molecule is CN(C)c1cc(N2CCCC(N(C)c3ccnc(N(C)C)n3)C2)ncn1. The lowest BCUT2D eigenvalue weighted by Gasteiger charge is -2.38. The molecule has 140 valence electrons. The number of hydrogen-bond acceptors (Lipinski definition) is 8. The molecule has 0 spiro atoms. The Bertz CT molecular complexity index is 683. The van der Waals surface area contributed by atoms with E-state index in [0.29, 0.717) is 6.04 Å². The van der Waals surface area contributed by atoms with Crippen LogP contribution in [-0.2, 0) is 0 Å². The summed E-state index contributed by atoms with van der Waals surface area (Å²) < 4.78 is 0. The van der Waals surface area contributed by atoms with Gasteiger partial charge < -0.3 is 19.6 Å². The molecule has 0 saturated carbocycles. The van der Waals surface area contributed by atoms with Crippen LogP contribution in [0.15, 0.2) is 24.7 Å². The van der Waals surface area contributed by atoms with E-state index in [2.05, 4.69) is 42.8 Å². The minimum Gasteiger partial charge on any atom is -0.363 e. The van der Waals surface area contributed by atoms with Crippen LogP contribution in [0.25, 0.3) is 0 Å². The molecule has 0 radical (unpaired) electrons. The molecular formula is C18H28N8. The van der Waals surface area contributed by atoms with Crippen LogP contribution in [-0.4, -0.2) is 74.3 Å². The molecular weight excluding hydrogens is 328 g/mol. The zero-order chi connectivity index (χ0) is 18.7. The van der Waals surface area contributed by atoms with Gasteiger partial charge in [-0.3, -0.25) is 0 Å². The van der Waals surface area contributed by atoms with E-state index in [1.807, 2.05) is 50.3 Å². The fourth-order valence-corrected chi connectivity index (χ4v) is 3.17. The molecule has 26 heavy (non-hydrogen) atoms. The van der Waals surface area contributed by atoms with Gasteiger partial charge in [0.15, 0.2) is 0 Å². The first kappa shape index (κ1) is 18.2. The van der Waals surface area contributed by atoms with E-state index < -0.39 is 0 Å². The molecule has 1 aliphatic heterocycles. The Morgan fingerprint density at radius 1 is 1.00 bits per heavy atom. The average molecular weight is 356 g/mol. The van der Waals surface area contributed by atoms with Crippen molar-refractivity contribution >= 4 is 23.4 Å². The van der Waals surface area contributed by atoms with E-state index in [0.717, 1.165) is 49.3 Å². The van der Waals surface area contributed by atoms with Gasteiger partial charge in [0.05, 0.1) is 0 Å². The molecule has 1 aliphatic rings. The first-order valence-corrected chi connectivity index (χ1v) is 8.93. The Morgan fingerprint density at radius 3 is 2.54 bits per heavy atom. The number of nitrogens with zero attached hydrogens (tertiary/aromatic N) is 8. The van der Waals surface area contributed by atoms with Crippen LogP contribution in [0.2, 0.25) is 0 Å². The van der Waals surface area contributed by atoms with Gasteiger partial charge in [-0.2, -0.15) is 4.98 Å². The van der Waals surface area contributed by atoms with Crippen LogP contribution in [0.1, 0.15) is 12.8 Å². The molecule has 2 aromatic heterocycles. The van der Waals surface area contributed by atoms with E-state index >= 15 is 0 Å². The zero-order valence-electron chi connectivity index (χ0n) is 16.3. The Kier molecular flexibility index (Phi) is 5.39. The summed E-state index contributed by atoms with van der Waals surface area (Å²) in [4.78, 5) is 26.3. The van der Waals surface area contributed by atoms with Crippen molar-refractivity contribution in [3.8, 4) is 0 Å². The maximum absolute atomic E-state index is 4.67. The van der Waals surface area contributed by atoms with Gasteiger partial charge in [-0.1, -0.05) is 0 Å². The third-order valence-electron chi connectivity index (χ3n) is 4.75. The minimum absolute atomic E-state index is 0.381. The van der Waals surface area contributed by atoms with Crippen molar-refractivity contribution < 1.29 is 0 Å². The Labute approximate surface area is 155 Å². The summed E-state index contributed by atoms with van der Waals surface area (Å²) in [6.45, 7) is 1.93. The van der Waals surface area contributed by atoms with Crippen molar-refractivity contribution in [2.45, 2.75) is 18.9 Å². The lowest BCUT2D eigenvalue weighted by molar-refractivity contribution is 0.483. The minimum atomic E-state index is 0.381. The van der Waals surface area contributed by atoms with Gasteiger partial charge >= 0.3 is 0 Å². The fraction of sp³-hybridized carbons (Fsp3) is 0.556. The van der Waals surface area contributed by atoms with Gasteiger partial charge in [-0.15, -0.1) is 0 Å². The average Bonchev–Trinajstić information content (AvgIpc) is 2.67. The second-order valence-electron chi connectivity index (χ2n) is 7.09. The van der Waals surface area contributed by atoms with Crippen molar-refractivity contribution in [3.63, 3.8) is 0 Å². The molecule has 2 aromatic rings. The van der Waals surface area contributed by atoms with Crippen molar-refractivity contribution in [3.05, 3.63) is 24.7 Å². The third kappa shape index (κ3) is 3.95. The summed E-state index contributed by atoms with van der Waals surface area (Å²) in [5.41, 5.74) is 0. The van der Waals surface area contributed by atoms with E-state index in [9.17, 15) is 0 Å². The Hall–Kier alpha value is -2.64. The molecule has 0 aliphatic carbocycles. The first-order chi connectivity index (χ1) is 12.5. The summed E-state index contributed by atoms with van der Waals surface area (Å²) in [5, 5.41) is 0. The summed E-state index contributed by atoms with van der Waals surface area (Å²) >= 11 is 0. The second kappa shape index (κ2) is 7.72. The fourth-order valence-electron chi connectivity index (χ4n) is 3.17. The third-order valence-corrected chi connectivity index (χ3v) is 4.75. The monoisotopic (exact) mass is 356 g/mol. The molecule has 0 amide bonds. The highest BCUT2D eigenvalue weighted by Gasteiger charge is 2.25. The predicted molar refractivity (Wildman–Crippen MR) is 106 cm³/mol. The van der Waals surface area contributed by atoms with Gasteiger partial charge in [0, 0.05) is 66.6 Å².